The Hall–Kier alpha value is -4.31. The van der Waals surface area contributed by atoms with Crippen molar-refractivity contribution in [1.82, 2.24) is 19.7 Å². The van der Waals surface area contributed by atoms with Crippen molar-refractivity contribution in [3.05, 3.63) is 34.2 Å². The van der Waals surface area contributed by atoms with E-state index >= 15 is 0 Å². The number of fused-ring (bicyclic) bond motifs is 1. The molecule has 2 aromatic heterocycles. The molecular weight excluding hydrogens is 540 g/mol. The molecule has 0 fully saturated rings. The summed E-state index contributed by atoms with van der Waals surface area (Å²) in [6, 6.07) is 3.33. The van der Waals surface area contributed by atoms with Gasteiger partial charge in [0.05, 0.1) is 30.7 Å². The van der Waals surface area contributed by atoms with Gasteiger partial charge in [-0.1, -0.05) is 13.3 Å². The van der Waals surface area contributed by atoms with Crippen molar-refractivity contribution < 1.29 is 47.0 Å². The Morgan fingerprint density at radius 3 is 2.44 bits per heavy atom. The zero-order valence-corrected chi connectivity index (χ0v) is 21.9. The fraction of sp³-hybridized carbons (Fsp3) is 0.391. The van der Waals surface area contributed by atoms with Gasteiger partial charge in [0.1, 0.15) is 22.0 Å². The average Bonchev–Trinajstić information content (AvgIpc) is 3.14. The van der Waals surface area contributed by atoms with Gasteiger partial charge in [-0.05, 0) is 31.5 Å². The van der Waals surface area contributed by atoms with Gasteiger partial charge in [0.25, 0.3) is 5.56 Å². The zero-order valence-electron chi connectivity index (χ0n) is 21.1. The van der Waals surface area contributed by atoms with E-state index in [2.05, 4.69) is 19.2 Å². The first-order valence-electron chi connectivity index (χ1n) is 11.6. The highest BCUT2D eigenvalue weighted by Crippen LogP contribution is 2.32. The molecule has 0 aliphatic heterocycles. The topological polar surface area (TPSA) is 228 Å². The van der Waals surface area contributed by atoms with Gasteiger partial charge in [0.15, 0.2) is 11.1 Å². The highest BCUT2D eigenvalue weighted by Gasteiger charge is 2.42. The molecule has 1 aromatic carbocycles. The largest absolute Gasteiger partial charge is 0.493 e. The van der Waals surface area contributed by atoms with Gasteiger partial charge in [0.2, 0.25) is 0 Å². The molecule has 0 bridgehead atoms. The van der Waals surface area contributed by atoms with E-state index in [9.17, 15) is 32.7 Å². The number of aliphatic carboxylic acids is 2. The number of aromatic nitrogens is 4. The molecular formula is C23H26N4O11S. The number of ether oxygens (including phenoxy) is 1. The maximum Gasteiger partial charge on any atom is 0.341 e. The molecule has 0 saturated carbocycles. The number of hydrogen-bond acceptors (Lipinski definition) is 11. The lowest BCUT2D eigenvalue weighted by atomic mass is 9.96. The number of benzene rings is 1. The smallest absolute Gasteiger partial charge is 0.341 e. The number of aromatic amines is 1. The quantitative estimate of drug-likeness (QED) is 0.220. The van der Waals surface area contributed by atoms with Crippen LogP contribution >= 0.6 is 0 Å². The van der Waals surface area contributed by atoms with Crippen LogP contribution in [-0.2, 0) is 42.2 Å². The Bertz CT molecular complexity index is 1610. The van der Waals surface area contributed by atoms with E-state index in [1.807, 2.05) is 6.92 Å². The molecule has 210 valence electrons. The maximum atomic E-state index is 12.9. The summed E-state index contributed by atoms with van der Waals surface area (Å²) in [6.45, 7) is 3.78. The van der Waals surface area contributed by atoms with Crippen LogP contribution in [0.3, 0.4) is 0 Å². The van der Waals surface area contributed by atoms with Crippen molar-refractivity contribution in [1.29, 1.82) is 0 Å². The number of aryl methyl sites for hydroxylation is 2. The molecule has 0 aliphatic rings. The van der Waals surface area contributed by atoms with E-state index in [1.165, 1.54) is 10.7 Å². The van der Waals surface area contributed by atoms with Crippen molar-refractivity contribution >= 4 is 39.1 Å². The number of nitrogens with zero attached hydrogens (tertiary/aromatic N) is 3. The molecule has 3 aromatic rings. The number of carboxylic acid groups (broad SMARTS) is 2. The normalized spacial score (nSPS) is 13.1. The summed E-state index contributed by atoms with van der Waals surface area (Å²) in [5, 5.41) is 32.3. The van der Waals surface area contributed by atoms with E-state index in [1.54, 1.807) is 14.0 Å². The number of nitrogens with one attached hydrogen (secondary N) is 1. The Morgan fingerprint density at radius 1 is 1.15 bits per heavy atom. The third-order valence-electron chi connectivity index (χ3n) is 5.53. The van der Waals surface area contributed by atoms with Crippen LogP contribution in [0.25, 0.3) is 22.4 Å². The number of H-pyrrole nitrogens is 1. The second-order valence-corrected chi connectivity index (χ2v) is 10.1. The van der Waals surface area contributed by atoms with Crippen molar-refractivity contribution in [2.75, 3.05) is 6.61 Å². The minimum absolute atomic E-state index is 0.0344. The van der Waals surface area contributed by atoms with Crippen LogP contribution in [0, 0.1) is 0 Å². The molecule has 15 nitrogen and oxygen atoms in total. The minimum Gasteiger partial charge on any atom is -0.493 e. The molecule has 0 saturated heterocycles. The van der Waals surface area contributed by atoms with Crippen molar-refractivity contribution in [3.63, 3.8) is 0 Å². The molecule has 2 heterocycles. The summed E-state index contributed by atoms with van der Waals surface area (Å²) in [4.78, 5) is 53.8. The fourth-order valence-electron chi connectivity index (χ4n) is 3.81. The van der Waals surface area contributed by atoms with Crippen LogP contribution in [0.1, 0.15) is 38.8 Å². The Kier molecular flexibility index (Phi) is 8.40. The molecule has 4 N–H and O–H groups in total. The van der Waals surface area contributed by atoms with Crippen molar-refractivity contribution in [3.8, 4) is 17.1 Å². The van der Waals surface area contributed by atoms with Crippen LogP contribution in [-0.4, -0.2) is 73.6 Å². The third-order valence-corrected chi connectivity index (χ3v) is 6.76. The monoisotopic (exact) mass is 566 g/mol. The maximum absolute atomic E-state index is 12.9. The molecule has 1 unspecified atom stereocenters. The van der Waals surface area contributed by atoms with Gasteiger partial charge in [-0.2, -0.15) is 13.5 Å². The molecule has 16 heteroatoms. The van der Waals surface area contributed by atoms with Gasteiger partial charge in [-0.3, -0.25) is 19.1 Å². The number of hydrogen-bond donors (Lipinski definition) is 4. The van der Waals surface area contributed by atoms with Gasteiger partial charge in [-0.25, -0.2) is 9.78 Å². The first-order valence-corrected chi connectivity index (χ1v) is 13.0. The SMILES string of the molecule is CCCc1nn(C)c2c(=O)[nH]c(-c3cc(S(=O)(=O)OC(=O)CC(O)(CC(=O)O)C(=O)O)ccc3OCC)nc12. The summed E-state index contributed by atoms with van der Waals surface area (Å²) in [5.41, 5.74) is -2.52. The summed E-state index contributed by atoms with van der Waals surface area (Å²) in [5.74, 6) is -5.39. The number of aliphatic hydroxyl groups is 1. The lowest BCUT2D eigenvalue weighted by Crippen LogP contribution is -2.43. The Labute approximate surface area is 221 Å². The van der Waals surface area contributed by atoms with Gasteiger partial charge >= 0.3 is 28.0 Å². The molecule has 39 heavy (non-hydrogen) atoms. The first-order chi connectivity index (χ1) is 18.2. The zero-order chi connectivity index (χ0) is 29.1. The number of carbonyl (C=O) groups is 3. The molecule has 3 rings (SSSR count). The van der Waals surface area contributed by atoms with Crippen LogP contribution in [0.5, 0.6) is 5.75 Å². The molecule has 0 aliphatic carbocycles. The summed E-state index contributed by atoms with van der Waals surface area (Å²) in [7, 11) is -3.32. The van der Waals surface area contributed by atoms with Gasteiger partial charge in [0, 0.05) is 7.05 Å². The van der Waals surface area contributed by atoms with Crippen molar-refractivity contribution in [2.24, 2.45) is 7.05 Å². The molecule has 1 atom stereocenters. The second-order valence-electron chi connectivity index (χ2n) is 8.52. The summed E-state index contributed by atoms with van der Waals surface area (Å²) in [6.07, 6.45) is -1.58. The predicted molar refractivity (Wildman–Crippen MR) is 132 cm³/mol. The highest BCUT2D eigenvalue weighted by molar-refractivity contribution is 7.87. The fourth-order valence-corrected chi connectivity index (χ4v) is 4.71. The third kappa shape index (κ3) is 6.23. The standard InChI is InChI=1S/C23H26N4O11S/c1-4-6-14-18-19(27(3)26-14)21(31)25-20(24-18)13-9-12(7-8-15(13)37-5-2)39(35,36)38-17(30)11-23(34,22(32)33)10-16(28)29/h7-9,34H,4-6,10-11H2,1-3H3,(H,28,29)(H,32,33)(H,24,25,31). The lowest BCUT2D eigenvalue weighted by Gasteiger charge is -2.20. The highest BCUT2D eigenvalue weighted by atomic mass is 32.2. The number of carbonyl (C=O) groups excluding carboxylic acids is 1. The Morgan fingerprint density at radius 2 is 1.85 bits per heavy atom. The second kappa shape index (κ2) is 11.2. The number of rotatable bonds is 12. The van der Waals surface area contributed by atoms with Gasteiger partial charge < -0.3 is 29.2 Å². The minimum atomic E-state index is -4.91. The van der Waals surface area contributed by atoms with E-state index in [0.717, 1.165) is 18.6 Å². The van der Waals surface area contributed by atoms with Crippen LogP contribution in [0.4, 0.5) is 0 Å². The van der Waals surface area contributed by atoms with E-state index in [0.29, 0.717) is 17.6 Å². The van der Waals surface area contributed by atoms with E-state index < -0.39 is 56.9 Å². The summed E-state index contributed by atoms with van der Waals surface area (Å²) >= 11 is 0. The Balaban J connectivity index is 2.06. The van der Waals surface area contributed by atoms with Crippen LogP contribution < -0.4 is 10.3 Å². The molecule has 0 radical (unpaired) electrons. The molecule has 0 amide bonds. The van der Waals surface area contributed by atoms with Crippen molar-refractivity contribution in [2.45, 2.75) is 50.0 Å². The first kappa shape index (κ1) is 29.2. The van der Waals surface area contributed by atoms with Gasteiger partial charge in [-0.15, -0.1) is 0 Å². The van der Waals surface area contributed by atoms with E-state index in [-0.39, 0.29) is 29.3 Å². The van der Waals surface area contributed by atoms with Crippen LogP contribution in [0.2, 0.25) is 0 Å². The molecule has 0 spiro atoms. The van der Waals surface area contributed by atoms with E-state index in [4.69, 9.17) is 14.9 Å². The summed E-state index contributed by atoms with van der Waals surface area (Å²) < 4.78 is 37.1. The number of carboxylic acids is 2. The average molecular weight is 567 g/mol. The predicted octanol–water partition coefficient (Wildman–Crippen LogP) is 0.587. The van der Waals surface area contributed by atoms with Crippen LogP contribution in [0.15, 0.2) is 27.9 Å². The lowest BCUT2D eigenvalue weighted by molar-refractivity contribution is -0.169.